The van der Waals surface area contributed by atoms with E-state index in [0.29, 0.717) is 6.42 Å². The summed E-state index contributed by atoms with van der Waals surface area (Å²) in [5.74, 6) is 1.16. The lowest BCUT2D eigenvalue weighted by molar-refractivity contribution is 0.00916. The van der Waals surface area contributed by atoms with E-state index in [0.717, 1.165) is 54.8 Å². The molecule has 30 heavy (non-hydrogen) atoms. The van der Waals surface area contributed by atoms with Crippen LogP contribution in [0.3, 0.4) is 0 Å². The van der Waals surface area contributed by atoms with Crippen molar-refractivity contribution in [1.82, 2.24) is 20.3 Å². The van der Waals surface area contributed by atoms with Crippen LogP contribution in [0.5, 0.6) is 0 Å². The molecule has 1 saturated carbocycles. The van der Waals surface area contributed by atoms with Crippen LogP contribution in [0.15, 0.2) is 48.9 Å². The van der Waals surface area contributed by atoms with Crippen LogP contribution in [0.2, 0.25) is 0 Å². The molecule has 4 N–H and O–H groups in total. The van der Waals surface area contributed by atoms with Gasteiger partial charge in [0.2, 0.25) is 0 Å². The monoisotopic (exact) mass is 407 g/mol. The number of nitrogens with zero attached hydrogens (tertiary/aromatic N) is 3. The Hall–Kier alpha value is -2.48. The SMILES string of the molecule is OC[C@@H](Cc1ccccc1)NC(O)C1CCN(c2ncnc3[nH]ccc23)CC12CC2. The Morgan fingerprint density at radius 2 is 2.03 bits per heavy atom. The third-order valence-corrected chi connectivity index (χ3v) is 6.86. The van der Waals surface area contributed by atoms with Crippen molar-refractivity contribution >= 4 is 16.9 Å². The van der Waals surface area contributed by atoms with Crippen molar-refractivity contribution in [2.75, 3.05) is 24.6 Å². The standard InChI is InChI=1S/C23H29N5O2/c29-13-17(12-16-4-2-1-3-5-16)27-22(30)19-7-11-28(14-23(19)8-9-23)21-18-6-10-24-20(18)25-15-26-21/h1-6,10,15,17,19,22,27,29-30H,7-9,11-14H2,(H,24,25,26)/t17-,19?,22?/m1/s1. The summed E-state index contributed by atoms with van der Waals surface area (Å²) in [7, 11) is 0. The Balaban J connectivity index is 1.27. The van der Waals surface area contributed by atoms with Gasteiger partial charge in [-0.1, -0.05) is 30.3 Å². The zero-order valence-electron chi connectivity index (χ0n) is 17.0. The van der Waals surface area contributed by atoms with Crippen molar-refractivity contribution in [2.24, 2.45) is 11.3 Å². The Kier molecular flexibility index (Phi) is 5.18. The second-order valence-corrected chi connectivity index (χ2v) is 8.80. The summed E-state index contributed by atoms with van der Waals surface area (Å²) in [6.45, 7) is 1.76. The van der Waals surface area contributed by atoms with Crippen molar-refractivity contribution in [3.63, 3.8) is 0 Å². The van der Waals surface area contributed by atoms with Gasteiger partial charge in [0.05, 0.1) is 12.0 Å². The molecule has 3 aromatic rings. The maximum atomic E-state index is 11.1. The van der Waals surface area contributed by atoms with E-state index in [4.69, 9.17) is 0 Å². The molecule has 1 aliphatic heterocycles. The molecule has 1 aliphatic carbocycles. The van der Waals surface area contributed by atoms with Crippen LogP contribution in [0.25, 0.3) is 11.0 Å². The van der Waals surface area contributed by atoms with Crippen molar-refractivity contribution in [3.05, 3.63) is 54.5 Å². The van der Waals surface area contributed by atoms with Crippen molar-refractivity contribution in [2.45, 2.75) is 38.0 Å². The molecule has 0 amide bonds. The molecule has 2 fully saturated rings. The third-order valence-electron chi connectivity index (χ3n) is 6.86. The number of H-pyrrole nitrogens is 1. The Morgan fingerprint density at radius 3 is 2.80 bits per heavy atom. The topological polar surface area (TPSA) is 97.3 Å². The van der Waals surface area contributed by atoms with Crippen LogP contribution in [0.4, 0.5) is 5.82 Å². The van der Waals surface area contributed by atoms with Crippen LogP contribution >= 0.6 is 0 Å². The van der Waals surface area contributed by atoms with Crippen molar-refractivity contribution in [3.8, 4) is 0 Å². The maximum absolute atomic E-state index is 11.1. The van der Waals surface area contributed by atoms with Crippen molar-refractivity contribution in [1.29, 1.82) is 0 Å². The summed E-state index contributed by atoms with van der Waals surface area (Å²) >= 11 is 0. The van der Waals surface area contributed by atoms with E-state index < -0.39 is 6.23 Å². The Bertz CT molecular complexity index is 987. The van der Waals surface area contributed by atoms with Crippen LogP contribution in [-0.2, 0) is 6.42 Å². The van der Waals surface area contributed by atoms with Gasteiger partial charge in [0, 0.05) is 31.2 Å². The molecule has 2 aromatic heterocycles. The summed E-state index contributed by atoms with van der Waals surface area (Å²) < 4.78 is 0. The Morgan fingerprint density at radius 1 is 1.20 bits per heavy atom. The van der Waals surface area contributed by atoms with E-state index in [1.807, 2.05) is 30.5 Å². The molecule has 3 heterocycles. The van der Waals surface area contributed by atoms with E-state index in [-0.39, 0.29) is 24.0 Å². The van der Waals surface area contributed by atoms with Crippen LogP contribution in [0, 0.1) is 11.3 Å². The summed E-state index contributed by atoms with van der Waals surface area (Å²) in [5, 5.41) is 25.3. The lowest BCUT2D eigenvalue weighted by atomic mass is 9.80. The van der Waals surface area contributed by atoms with Crippen molar-refractivity contribution < 1.29 is 10.2 Å². The smallest absolute Gasteiger partial charge is 0.142 e. The lowest BCUT2D eigenvalue weighted by Gasteiger charge is -2.42. The number of anilines is 1. The van der Waals surface area contributed by atoms with Gasteiger partial charge in [-0.2, -0.15) is 0 Å². The normalized spacial score (nSPS) is 22.3. The van der Waals surface area contributed by atoms with E-state index in [9.17, 15) is 10.2 Å². The summed E-state index contributed by atoms with van der Waals surface area (Å²) in [4.78, 5) is 14.4. The fourth-order valence-electron chi connectivity index (χ4n) is 5.08. The number of hydrogen-bond donors (Lipinski definition) is 4. The minimum absolute atomic E-state index is 0.00417. The molecule has 0 radical (unpaired) electrons. The number of rotatable bonds is 7. The highest BCUT2D eigenvalue weighted by Gasteiger charge is 2.55. The number of hydrogen-bond acceptors (Lipinski definition) is 6. The first-order valence-corrected chi connectivity index (χ1v) is 10.8. The highest BCUT2D eigenvalue weighted by atomic mass is 16.3. The number of nitrogens with one attached hydrogen (secondary N) is 2. The van der Waals surface area contributed by atoms with E-state index >= 15 is 0 Å². The van der Waals surface area contributed by atoms with Gasteiger partial charge >= 0.3 is 0 Å². The van der Waals surface area contributed by atoms with Gasteiger partial charge in [-0.05, 0) is 42.7 Å². The fraction of sp³-hybridized carbons (Fsp3) is 0.478. The first kappa shape index (κ1) is 19.5. The molecule has 5 rings (SSSR count). The maximum Gasteiger partial charge on any atom is 0.142 e. The van der Waals surface area contributed by atoms with E-state index in [1.54, 1.807) is 6.33 Å². The van der Waals surface area contributed by atoms with Gasteiger partial charge in [0.1, 0.15) is 24.0 Å². The highest BCUT2D eigenvalue weighted by Crippen LogP contribution is 2.57. The second kappa shape index (κ2) is 7.98. The first-order chi connectivity index (χ1) is 14.7. The summed E-state index contributed by atoms with van der Waals surface area (Å²) in [6, 6.07) is 12.0. The average molecular weight is 408 g/mol. The Labute approximate surface area is 176 Å². The van der Waals surface area contributed by atoms with Gasteiger partial charge in [-0.25, -0.2) is 9.97 Å². The number of aromatic nitrogens is 3. The molecule has 1 spiro atoms. The highest BCUT2D eigenvalue weighted by molar-refractivity contribution is 5.87. The molecule has 158 valence electrons. The number of benzene rings is 1. The number of piperidine rings is 1. The van der Waals surface area contributed by atoms with Gasteiger partial charge in [-0.3, -0.25) is 5.32 Å². The molecular weight excluding hydrogens is 378 g/mol. The quantitative estimate of drug-likeness (QED) is 0.448. The number of aliphatic hydroxyl groups excluding tert-OH is 2. The zero-order valence-corrected chi connectivity index (χ0v) is 17.0. The number of fused-ring (bicyclic) bond motifs is 1. The predicted molar refractivity (Wildman–Crippen MR) is 116 cm³/mol. The molecule has 2 aliphatic rings. The van der Waals surface area contributed by atoms with Gasteiger partial charge in [0.15, 0.2) is 0 Å². The average Bonchev–Trinajstić information content (AvgIpc) is 3.35. The summed E-state index contributed by atoms with van der Waals surface area (Å²) in [6.07, 6.45) is 6.74. The van der Waals surface area contributed by atoms with Crippen LogP contribution in [0.1, 0.15) is 24.8 Å². The molecule has 3 atom stereocenters. The minimum Gasteiger partial charge on any atom is -0.395 e. The third kappa shape index (κ3) is 3.69. The largest absolute Gasteiger partial charge is 0.395 e. The predicted octanol–water partition coefficient (Wildman–Crippen LogP) is 2.08. The molecule has 7 nitrogen and oxygen atoms in total. The van der Waals surface area contributed by atoms with E-state index in [1.165, 1.54) is 0 Å². The van der Waals surface area contributed by atoms with Gasteiger partial charge in [0.25, 0.3) is 0 Å². The van der Waals surface area contributed by atoms with Gasteiger partial charge in [-0.15, -0.1) is 0 Å². The second-order valence-electron chi connectivity index (χ2n) is 8.80. The minimum atomic E-state index is -0.617. The first-order valence-electron chi connectivity index (χ1n) is 10.8. The lowest BCUT2D eigenvalue weighted by Crippen LogP contribution is -2.53. The number of aromatic amines is 1. The molecule has 2 unspecified atom stereocenters. The molecule has 1 saturated heterocycles. The number of aliphatic hydroxyl groups is 2. The fourth-order valence-corrected chi connectivity index (χ4v) is 5.08. The molecule has 7 heteroatoms. The molecule has 1 aromatic carbocycles. The summed E-state index contributed by atoms with van der Waals surface area (Å²) in [5.41, 5.74) is 2.14. The van der Waals surface area contributed by atoms with Gasteiger partial charge < -0.3 is 20.1 Å². The zero-order chi connectivity index (χ0) is 20.6. The molecular formula is C23H29N5O2. The van der Waals surface area contributed by atoms with E-state index in [2.05, 4.69) is 37.3 Å². The molecule has 0 bridgehead atoms. The van der Waals surface area contributed by atoms with Crippen LogP contribution < -0.4 is 10.2 Å². The van der Waals surface area contributed by atoms with Crippen LogP contribution in [-0.4, -0.2) is 57.1 Å².